The van der Waals surface area contributed by atoms with E-state index in [9.17, 15) is 9.59 Å². The SMILES string of the molecule is NNc1cc[nH]c(=O)c1.O=c1cc(O)cc[nH]1. The quantitative estimate of drug-likeness (QED) is 0.344. The summed E-state index contributed by atoms with van der Waals surface area (Å²) in [5.41, 5.74) is 2.51. The summed E-state index contributed by atoms with van der Waals surface area (Å²) in [7, 11) is 0. The maximum atomic E-state index is 10.5. The van der Waals surface area contributed by atoms with Gasteiger partial charge in [-0.25, -0.2) is 0 Å². The fraction of sp³-hybridized carbons (Fsp3) is 0. The molecule has 0 aliphatic carbocycles. The Morgan fingerprint density at radius 2 is 1.65 bits per heavy atom. The summed E-state index contributed by atoms with van der Waals surface area (Å²) < 4.78 is 0. The highest BCUT2D eigenvalue weighted by atomic mass is 16.3. The van der Waals surface area contributed by atoms with Gasteiger partial charge in [-0.15, -0.1) is 0 Å². The molecule has 6 N–H and O–H groups in total. The molecule has 0 saturated heterocycles. The van der Waals surface area contributed by atoms with Gasteiger partial charge in [0, 0.05) is 24.5 Å². The molecular weight excluding hydrogens is 224 g/mol. The zero-order valence-corrected chi connectivity index (χ0v) is 8.81. The van der Waals surface area contributed by atoms with Crippen molar-refractivity contribution in [2.75, 3.05) is 5.43 Å². The Kier molecular flexibility index (Phi) is 4.52. The van der Waals surface area contributed by atoms with Crippen LogP contribution in [-0.2, 0) is 0 Å². The maximum Gasteiger partial charge on any atom is 0.251 e. The van der Waals surface area contributed by atoms with Crippen LogP contribution < -0.4 is 22.4 Å². The van der Waals surface area contributed by atoms with Crippen molar-refractivity contribution in [3.05, 3.63) is 57.4 Å². The van der Waals surface area contributed by atoms with Gasteiger partial charge in [0.05, 0.1) is 5.69 Å². The van der Waals surface area contributed by atoms with Crippen LogP contribution >= 0.6 is 0 Å². The van der Waals surface area contributed by atoms with Gasteiger partial charge in [0.1, 0.15) is 5.75 Å². The number of anilines is 1. The Hall–Kier alpha value is -2.54. The van der Waals surface area contributed by atoms with E-state index in [1.165, 1.54) is 24.5 Å². The third kappa shape index (κ3) is 4.67. The molecule has 0 aromatic carbocycles. The molecule has 0 radical (unpaired) electrons. The van der Waals surface area contributed by atoms with Gasteiger partial charge in [-0.2, -0.15) is 0 Å². The van der Waals surface area contributed by atoms with E-state index in [1.54, 1.807) is 6.07 Å². The molecule has 7 nitrogen and oxygen atoms in total. The van der Waals surface area contributed by atoms with Gasteiger partial charge in [-0.1, -0.05) is 0 Å². The average Bonchev–Trinajstić information content (AvgIpc) is 2.29. The average molecular weight is 236 g/mol. The first-order chi connectivity index (χ1) is 8.11. The van der Waals surface area contributed by atoms with Crippen LogP contribution in [0, 0.1) is 0 Å². The Bertz CT molecular complexity index is 576. The van der Waals surface area contributed by atoms with Crippen molar-refractivity contribution in [1.29, 1.82) is 0 Å². The molecule has 0 bridgehead atoms. The van der Waals surface area contributed by atoms with Gasteiger partial charge >= 0.3 is 0 Å². The molecule has 0 amide bonds. The van der Waals surface area contributed by atoms with E-state index < -0.39 is 0 Å². The third-order valence-corrected chi connectivity index (χ3v) is 1.70. The number of aromatic nitrogens is 2. The van der Waals surface area contributed by atoms with Gasteiger partial charge in [-0.05, 0) is 12.1 Å². The number of hydrogen-bond donors (Lipinski definition) is 5. The van der Waals surface area contributed by atoms with Crippen molar-refractivity contribution in [2.45, 2.75) is 0 Å². The monoisotopic (exact) mass is 236 g/mol. The molecular formula is C10H12N4O3. The number of aromatic amines is 2. The molecule has 2 aromatic heterocycles. The predicted octanol–water partition coefficient (Wildman–Crippen LogP) is -0.259. The van der Waals surface area contributed by atoms with Gasteiger partial charge in [0.25, 0.3) is 5.56 Å². The molecule has 0 unspecified atom stereocenters. The summed E-state index contributed by atoms with van der Waals surface area (Å²) in [5.74, 6) is 5.01. The minimum absolute atomic E-state index is 0.00579. The molecule has 2 heterocycles. The maximum absolute atomic E-state index is 10.5. The van der Waals surface area contributed by atoms with Crippen molar-refractivity contribution >= 4 is 5.69 Å². The normalized spacial score (nSPS) is 9.00. The summed E-state index contributed by atoms with van der Waals surface area (Å²) >= 11 is 0. The Balaban J connectivity index is 0.000000171. The second-order valence-corrected chi connectivity index (χ2v) is 3.00. The first kappa shape index (κ1) is 12.5. The Morgan fingerprint density at radius 3 is 2.00 bits per heavy atom. The Morgan fingerprint density at radius 1 is 1.06 bits per heavy atom. The van der Waals surface area contributed by atoms with E-state index in [0.717, 1.165) is 6.07 Å². The number of hydrazine groups is 1. The summed E-state index contributed by atoms with van der Waals surface area (Å²) in [5, 5.41) is 8.59. The lowest BCUT2D eigenvalue weighted by Gasteiger charge is -1.93. The predicted molar refractivity (Wildman–Crippen MR) is 63.6 cm³/mol. The molecule has 0 aliphatic heterocycles. The van der Waals surface area contributed by atoms with Crippen molar-refractivity contribution in [2.24, 2.45) is 5.84 Å². The second-order valence-electron chi connectivity index (χ2n) is 3.00. The molecule has 0 spiro atoms. The van der Waals surface area contributed by atoms with E-state index in [-0.39, 0.29) is 16.9 Å². The number of nitrogen functional groups attached to an aromatic ring is 1. The summed E-state index contributed by atoms with van der Waals surface area (Å²) in [6, 6.07) is 5.56. The molecule has 0 atom stereocenters. The van der Waals surface area contributed by atoms with Crippen molar-refractivity contribution < 1.29 is 5.11 Å². The lowest BCUT2D eigenvalue weighted by molar-refractivity contribution is 0.473. The lowest BCUT2D eigenvalue weighted by Crippen LogP contribution is -2.10. The first-order valence-corrected chi connectivity index (χ1v) is 4.65. The zero-order chi connectivity index (χ0) is 12.7. The number of aromatic hydroxyl groups is 1. The van der Waals surface area contributed by atoms with Gasteiger partial charge in [0.2, 0.25) is 5.56 Å². The molecule has 90 valence electrons. The zero-order valence-electron chi connectivity index (χ0n) is 8.81. The van der Waals surface area contributed by atoms with Crippen LogP contribution in [0.25, 0.3) is 0 Å². The van der Waals surface area contributed by atoms with Crippen molar-refractivity contribution in [1.82, 2.24) is 9.97 Å². The minimum Gasteiger partial charge on any atom is -0.508 e. The highest BCUT2D eigenvalue weighted by molar-refractivity contribution is 5.38. The number of H-pyrrole nitrogens is 2. The Labute approximate surface area is 95.9 Å². The summed E-state index contributed by atoms with van der Waals surface area (Å²) in [6.45, 7) is 0. The fourth-order valence-electron chi connectivity index (χ4n) is 0.968. The fourth-order valence-corrected chi connectivity index (χ4v) is 0.968. The van der Waals surface area contributed by atoms with E-state index in [4.69, 9.17) is 10.9 Å². The number of pyridine rings is 2. The third-order valence-electron chi connectivity index (χ3n) is 1.70. The van der Waals surface area contributed by atoms with Gasteiger partial charge in [-0.3, -0.25) is 15.4 Å². The van der Waals surface area contributed by atoms with Crippen LogP contribution in [-0.4, -0.2) is 15.1 Å². The number of nitrogens with one attached hydrogen (secondary N) is 3. The van der Waals surface area contributed by atoms with Crippen LogP contribution in [0.2, 0.25) is 0 Å². The summed E-state index contributed by atoms with van der Waals surface area (Å²) in [4.78, 5) is 25.6. The van der Waals surface area contributed by atoms with Crippen LogP contribution in [0.5, 0.6) is 5.75 Å². The molecule has 0 fully saturated rings. The minimum atomic E-state index is -0.287. The van der Waals surface area contributed by atoms with Crippen molar-refractivity contribution in [3.63, 3.8) is 0 Å². The largest absolute Gasteiger partial charge is 0.508 e. The smallest absolute Gasteiger partial charge is 0.251 e. The molecule has 0 saturated carbocycles. The molecule has 2 aromatic rings. The van der Waals surface area contributed by atoms with E-state index in [2.05, 4.69) is 15.4 Å². The second kappa shape index (κ2) is 6.13. The molecule has 17 heavy (non-hydrogen) atoms. The lowest BCUT2D eigenvalue weighted by atomic mass is 10.4. The van der Waals surface area contributed by atoms with Gasteiger partial charge < -0.3 is 20.5 Å². The topological polar surface area (TPSA) is 124 Å². The van der Waals surface area contributed by atoms with Crippen LogP contribution in [0.3, 0.4) is 0 Å². The van der Waals surface area contributed by atoms with Crippen LogP contribution in [0.4, 0.5) is 5.69 Å². The van der Waals surface area contributed by atoms with Crippen LogP contribution in [0.15, 0.2) is 46.2 Å². The molecule has 0 aliphatic rings. The first-order valence-electron chi connectivity index (χ1n) is 4.65. The standard InChI is InChI=1S/C5H7N3O.C5H5NO2/c6-8-4-1-2-7-5(9)3-4;7-4-1-2-6-5(8)3-4/h1-3H,6H2,(H2,7,8,9);1-3H,(H2,6,7,8). The van der Waals surface area contributed by atoms with E-state index in [1.807, 2.05) is 0 Å². The van der Waals surface area contributed by atoms with Crippen molar-refractivity contribution in [3.8, 4) is 5.75 Å². The molecule has 7 heteroatoms. The molecule has 2 rings (SSSR count). The number of hydrogen-bond acceptors (Lipinski definition) is 5. The van der Waals surface area contributed by atoms with E-state index >= 15 is 0 Å². The number of rotatable bonds is 1. The van der Waals surface area contributed by atoms with Crippen LogP contribution in [0.1, 0.15) is 0 Å². The highest BCUT2D eigenvalue weighted by Gasteiger charge is 1.85. The van der Waals surface area contributed by atoms with E-state index in [0.29, 0.717) is 5.69 Å². The number of nitrogens with two attached hydrogens (primary N) is 1. The highest BCUT2D eigenvalue weighted by Crippen LogP contribution is 1.97. The summed E-state index contributed by atoms with van der Waals surface area (Å²) in [6.07, 6.45) is 2.91. The van der Waals surface area contributed by atoms with Gasteiger partial charge in [0.15, 0.2) is 0 Å².